The topological polar surface area (TPSA) is 9.23 Å². The highest BCUT2D eigenvalue weighted by molar-refractivity contribution is 6.31. The highest BCUT2D eigenvalue weighted by Crippen LogP contribution is 2.18. The zero-order valence-corrected chi connectivity index (χ0v) is 9.79. The second-order valence-corrected chi connectivity index (χ2v) is 4.02. The van der Waals surface area contributed by atoms with Crippen LogP contribution < -0.4 is 4.74 Å². The Hall–Kier alpha value is -1.47. The van der Waals surface area contributed by atoms with Gasteiger partial charge in [-0.2, -0.15) is 0 Å². The fourth-order valence-electron chi connectivity index (χ4n) is 1.36. The van der Waals surface area contributed by atoms with E-state index in [-0.39, 0.29) is 0 Å². The molecule has 0 aromatic heterocycles. The van der Waals surface area contributed by atoms with Gasteiger partial charge < -0.3 is 4.74 Å². The fraction of sp³-hybridized carbons (Fsp3) is 0.143. The molecular weight excluding hydrogens is 220 g/mol. The van der Waals surface area contributed by atoms with E-state index in [1.54, 1.807) is 0 Å². The fourth-order valence-corrected chi connectivity index (χ4v) is 1.56. The van der Waals surface area contributed by atoms with Crippen molar-refractivity contribution in [3.63, 3.8) is 0 Å². The van der Waals surface area contributed by atoms with Crippen molar-refractivity contribution in [3.8, 4) is 5.75 Å². The standard InChI is InChI=1S/C14H12ClO/c1-11-7-8-12(9-14(11)15)10-16-13-5-3-2-4-6-13/h2-3,5-9H,10H2,1H3. The van der Waals surface area contributed by atoms with E-state index in [9.17, 15) is 0 Å². The van der Waals surface area contributed by atoms with Gasteiger partial charge in [0.2, 0.25) is 0 Å². The highest BCUT2D eigenvalue weighted by Gasteiger charge is 1.99. The summed E-state index contributed by atoms with van der Waals surface area (Å²) in [4.78, 5) is 0. The van der Waals surface area contributed by atoms with Crippen LogP contribution in [0, 0.1) is 13.0 Å². The van der Waals surface area contributed by atoms with E-state index in [0.717, 1.165) is 21.9 Å². The molecule has 1 radical (unpaired) electrons. The zero-order valence-electron chi connectivity index (χ0n) is 9.03. The number of rotatable bonds is 3. The van der Waals surface area contributed by atoms with Crippen molar-refractivity contribution in [2.75, 3.05) is 0 Å². The molecule has 0 aliphatic heterocycles. The maximum absolute atomic E-state index is 6.03. The Morgan fingerprint density at radius 2 is 2.19 bits per heavy atom. The van der Waals surface area contributed by atoms with Crippen molar-refractivity contribution in [2.45, 2.75) is 13.5 Å². The summed E-state index contributed by atoms with van der Waals surface area (Å²) in [6.45, 7) is 2.51. The summed E-state index contributed by atoms with van der Waals surface area (Å²) in [5, 5.41) is 0.778. The van der Waals surface area contributed by atoms with E-state index in [1.807, 2.05) is 49.4 Å². The Morgan fingerprint density at radius 3 is 2.88 bits per heavy atom. The average Bonchev–Trinajstić information content (AvgIpc) is 2.32. The summed E-state index contributed by atoms with van der Waals surface area (Å²) < 4.78 is 5.60. The molecule has 0 bridgehead atoms. The third-order valence-corrected chi connectivity index (χ3v) is 2.73. The van der Waals surface area contributed by atoms with Gasteiger partial charge in [0.05, 0.1) is 0 Å². The predicted octanol–water partition coefficient (Wildman–Crippen LogP) is 4.03. The lowest BCUT2D eigenvalue weighted by atomic mass is 10.2. The predicted molar refractivity (Wildman–Crippen MR) is 65.8 cm³/mol. The minimum absolute atomic E-state index is 0.526. The summed E-state index contributed by atoms with van der Waals surface area (Å²) >= 11 is 6.03. The first-order chi connectivity index (χ1) is 7.75. The molecule has 0 aliphatic rings. The molecule has 1 nitrogen and oxygen atoms in total. The van der Waals surface area contributed by atoms with E-state index in [0.29, 0.717) is 6.61 Å². The largest absolute Gasteiger partial charge is 0.489 e. The lowest BCUT2D eigenvalue weighted by molar-refractivity contribution is 0.306. The van der Waals surface area contributed by atoms with E-state index >= 15 is 0 Å². The number of benzene rings is 2. The summed E-state index contributed by atoms with van der Waals surface area (Å²) in [6.07, 6.45) is 0. The van der Waals surface area contributed by atoms with E-state index in [4.69, 9.17) is 16.3 Å². The Balaban J connectivity index is 2.03. The molecular formula is C14H12ClO. The monoisotopic (exact) mass is 231 g/mol. The van der Waals surface area contributed by atoms with Gasteiger partial charge in [0, 0.05) is 5.02 Å². The highest BCUT2D eigenvalue weighted by atomic mass is 35.5. The minimum atomic E-state index is 0.526. The molecule has 0 atom stereocenters. The van der Waals surface area contributed by atoms with Crippen molar-refractivity contribution < 1.29 is 4.74 Å². The first kappa shape index (κ1) is 11.0. The van der Waals surface area contributed by atoms with Crippen LogP contribution in [0.2, 0.25) is 5.02 Å². The maximum atomic E-state index is 6.03. The molecule has 2 aromatic carbocycles. The van der Waals surface area contributed by atoms with Gasteiger partial charge in [0.15, 0.2) is 0 Å². The molecule has 2 rings (SSSR count). The molecule has 2 aromatic rings. The molecule has 2 heteroatoms. The molecule has 81 valence electrons. The molecule has 0 fully saturated rings. The third kappa shape index (κ3) is 2.77. The lowest BCUT2D eigenvalue weighted by Crippen LogP contribution is -1.95. The molecule has 0 saturated carbocycles. The number of ether oxygens (including phenoxy) is 1. The second-order valence-electron chi connectivity index (χ2n) is 3.61. The number of aryl methyl sites for hydroxylation is 1. The van der Waals surface area contributed by atoms with Crippen LogP contribution in [0.5, 0.6) is 5.75 Å². The zero-order chi connectivity index (χ0) is 11.4. The summed E-state index contributed by atoms with van der Waals surface area (Å²) in [5.74, 6) is 0.819. The van der Waals surface area contributed by atoms with Crippen molar-refractivity contribution in [1.82, 2.24) is 0 Å². The van der Waals surface area contributed by atoms with Crippen LogP contribution in [-0.4, -0.2) is 0 Å². The smallest absolute Gasteiger partial charge is 0.120 e. The quantitative estimate of drug-likeness (QED) is 0.775. The van der Waals surface area contributed by atoms with Crippen molar-refractivity contribution in [3.05, 3.63) is 64.7 Å². The van der Waals surface area contributed by atoms with E-state index < -0.39 is 0 Å². The number of hydrogen-bond acceptors (Lipinski definition) is 1. The van der Waals surface area contributed by atoms with Gasteiger partial charge >= 0.3 is 0 Å². The minimum Gasteiger partial charge on any atom is -0.489 e. The molecule has 0 aliphatic carbocycles. The van der Waals surface area contributed by atoms with Crippen LogP contribution >= 0.6 is 11.6 Å². The first-order valence-electron chi connectivity index (χ1n) is 5.09. The van der Waals surface area contributed by atoms with Crippen LogP contribution in [0.15, 0.2) is 42.5 Å². The number of halogens is 1. The Bertz CT molecular complexity index is 465. The van der Waals surface area contributed by atoms with Crippen molar-refractivity contribution in [2.24, 2.45) is 0 Å². The first-order valence-corrected chi connectivity index (χ1v) is 5.47. The van der Waals surface area contributed by atoms with Gasteiger partial charge in [0.1, 0.15) is 12.4 Å². The van der Waals surface area contributed by atoms with Crippen molar-refractivity contribution in [1.29, 1.82) is 0 Å². The molecule has 0 heterocycles. The van der Waals surface area contributed by atoms with Gasteiger partial charge in [-0.1, -0.05) is 35.9 Å². The third-order valence-electron chi connectivity index (χ3n) is 2.32. The Kier molecular flexibility index (Phi) is 3.47. The molecule has 0 N–H and O–H groups in total. The Morgan fingerprint density at radius 1 is 1.31 bits per heavy atom. The van der Waals surface area contributed by atoms with Gasteiger partial charge in [-0.15, -0.1) is 0 Å². The van der Waals surface area contributed by atoms with Crippen LogP contribution in [0.25, 0.3) is 0 Å². The molecule has 16 heavy (non-hydrogen) atoms. The van der Waals surface area contributed by atoms with Crippen LogP contribution in [0.1, 0.15) is 11.1 Å². The second kappa shape index (κ2) is 5.04. The van der Waals surface area contributed by atoms with Crippen LogP contribution in [0.3, 0.4) is 0 Å². The number of hydrogen-bond donors (Lipinski definition) is 0. The molecule has 0 amide bonds. The molecule has 0 unspecified atom stereocenters. The molecule has 0 spiro atoms. The van der Waals surface area contributed by atoms with Crippen LogP contribution in [-0.2, 0) is 6.61 Å². The van der Waals surface area contributed by atoms with Crippen LogP contribution in [0.4, 0.5) is 0 Å². The lowest BCUT2D eigenvalue weighted by Gasteiger charge is -2.07. The van der Waals surface area contributed by atoms with Gasteiger partial charge in [-0.05, 0) is 42.3 Å². The maximum Gasteiger partial charge on any atom is 0.120 e. The summed E-state index contributed by atoms with van der Waals surface area (Å²) in [7, 11) is 0. The van der Waals surface area contributed by atoms with Gasteiger partial charge in [-0.25, -0.2) is 0 Å². The molecule has 0 saturated heterocycles. The average molecular weight is 232 g/mol. The summed E-state index contributed by atoms with van der Waals surface area (Å²) in [6, 6.07) is 16.4. The van der Waals surface area contributed by atoms with Gasteiger partial charge in [-0.3, -0.25) is 0 Å². The van der Waals surface area contributed by atoms with E-state index in [1.165, 1.54) is 0 Å². The SMILES string of the molecule is Cc1ccc(COc2c[c]ccc2)cc1Cl. The normalized spacial score (nSPS) is 10.1. The van der Waals surface area contributed by atoms with E-state index in [2.05, 4.69) is 6.07 Å². The summed E-state index contributed by atoms with van der Waals surface area (Å²) in [5.41, 5.74) is 2.15. The van der Waals surface area contributed by atoms with Crippen molar-refractivity contribution >= 4 is 11.6 Å². The van der Waals surface area contributed by atoms with Gasteiger partial charge in [0.25, 0.3) is 0 Å². The Labute approximate surface area is 101 Å².